The fourth-order valence-corrected chi connectivity index (χ4v) is 12.0. The van der Waals surface area contributed by atoms with Crippen LogP contribution in [-0.4, -0.2) is 50.7 Å². The average molecular weight is 965 g/mol. The van der Waals surface area contributed by atoms with Gasteiger partial charge in [-0.2, -0.15) is 0 Å². The van der Waals surface area contributed by atoms with Gasteiger partial charge in [0.1, 0.15) is 51.8 Å². The quantitative estimate of drug-likeness (QED) is 0.0925. The van der Waals surface area contributed by atoms with Crippen molar-refractivity contribution in [1.29, 1.82) is 0 Å². The van der Waals surface area contributed by atoms with Gasteiger partial charge in [0.05, 0.1) is 23.7 Å². The Labute approximate surface area is 373 Å². The van der Waals surface area contributed by atoms with Crippen molar-refractivity contribution in [2.45, 2.75) is 68.7 Å². The molecule has 3 atom stereocenters. The number of halogens is 4. The largest absolute Gasteiger partial charge is 0.489 e. The monoisotopic (exact) mass is 963 g/mol. The highest BCUT2D eigenvalue weighted by atomic mass is 79.9. The SMILES string of the molecule is CC(CS(=O)(=O)C(C)(C)C(N)=Nc1cccc(COc2cccc([C@]3(C)C(N)=N[C@](C)(c4cc(F)ccc4F)CS3(=O)=O)c2)c1)c1cc(N2Cc3cc(Br)ccc3C2=O)ccc1F. The number of rotatable bonds is 12. The minimum absolute atomic E-state index is 0.00678. The van der Waals surface area contributed by atoms with Gasteiger partial charge in [-0.05, 0) is 135 Å². The number of ether oxygens (including phenoxy) is 1. The highest BCUT2D eigenvalue weighted by molar-refractivity contribution is 9.10. The van der Waals surface area contributed by atoms with Gasteiger partial charge in [-0.1, -0.05) is 47.1 Å². The van der Waals surface area contributed by atoms with E-state index < -0.39 is 69.6 Å². The van der Waals surface area contributed by atoms with E-state index in [4.69, 9.17) is 16.2 Å². The number of sulfone groups is 2. The standard InChI is InChI=1S/C46H45BrF3N5O6S2/c1-27(37-22-34(14-17-39(37)49)55-23-29-19-31(47)12-15-36(29)41(55)56)25-62(57,58)44(2,3)42(51)53-33-10-6-8-28(18-33)24-61-35-11-7-9-30(20-35)46(5)43(52)54-45(4,26-63(46,59)60)38-21-32(48)13-16-40(38)50/h6-22,27H,23-26H2,1-5H3,(H2,51,53)(H2,52,54)/t27?,45-,46+/m0/s1. The summed E-state index contributed by atoms with van der Waals surface area (Å²) in [6.07, 6.45) is 0. The smallest absolute Gasteiger partial charge is 0.258 e. The number of amides is 1. The number of amidine groups is 2. The summed E-state index contributed by atoms with van der Waals surface area (Å²) in [6.45, 7) is 7.55. The van der Waals surface area contributed by atoms with Crippen molar-refractivity contribution in [1.82, 2.24) is 0 Å². The summed E-state index contributed by atoms with van der Waals surface area (Å²) in [5, 5.41) is 0. The number of anilines is 1. The number of benzene rings is 5. The molecule has 2 aliphatic rings. The van der Waals surface area contributed by atoms with Crippen LogP contribution >= 0.6 is 15.9 Å². The first-order valence-corrected chi connectivity index (χ1v) is 23.9. The van der Waals surface area contributed by atoms with Gasteiger partial charge in [0, 0.05) is 21.3 Å². The number of nitrogens with zero attached hydrogens (tertiary/aromatic N) is 3. The van der Waals surface area contributed by atoms with Crippen LogP contribution in [-0.2, 0) is 43.1 Å². The van der Waals surface area contributed by atoms with Crippen LogP contribution in [0.3, 0.4) is 0 Å². The second-order valence-electron chi connectivity index (χ2n) is 16.8. The average Bonchev–Trinajstić information content (AvgIpc) is 3.54. The summed E-state index contributed by atoms with van der Waals surface area (Å²) in [5.41, 5.74) is 14.0. The van der Waals surface area contributed by atoms with E-state index in [0.29, 0.717) is 28.3 Å². The van der Waals surface area contributed by atoms with Crippen LogP contribution in [0, 0.1) is 17.5 Å². The molecule has 0 bridgehead atoms. The fourth-order valence-electron chi connectivity index (χ4n) is 7.85. The summed E-state index contributed by atoms with van der Waals surface area (Å²) in [7, 11) is -8.25. The molecule has 0 saturated heterocycles. The van der Waals surface area contributed by atoms with Gasteiger partial charge in [-0.3, -0.25) is 9.79 Å². The van der Waals surface area contributed by atoms with Crippen molar-refractivity contribution in [2.24, 2.45) is 21.5 Å². The second kappa shape index (κ2) is 16.6. The maximum absolute atomic E-state index is 15.3. The third-order valence-corrected chi connectivity index (χ3v) is 17.8. The van der Waals surface area contributed by atoms with E-state index in [1.807, 2.05) is 6.07 Å². The Morgan fingerprint density at radius 1 is 0.968 bits per heavy atom. The van der Waals surface area contributed by atoms with Crippen molar-refractivity contribution in [3.63, 3.8) is 0 Å². The molecule has 0 fully saturated rings. The minimum atomic E-state index is -4.17. The maximum Gasteiger partial charge on any atom is 0.258 e. The zero-order valence-electron chi connectivity index (χ0n) is 35.0. The van der Waals surface area contributed by atoms with E-state index in [1.165, 1.54) is 56.9 Å². The van der Waals surface area contributed by atoms with Crippen molar-refractivity contribution in [3.8, 4) is 5.75 Å². The molecule has 0 aromatic heterocycles. The van der Waals surface area contributed by atoms with E-state index in [2.05, 4.69) is 25.9 Å². The summed E-state index contributed by atoms with van der Waals surface area (Å²) in [5.74, 6) is -4.51. The predicted octanol–water partition coefficient (Wildman–Crippen LogP) is 8.51. The third kappa shape index (κ3) is 8.49. The van der Waals surface area contributed by atoms with Gasteiger partial charge in [0.15, 0.2) is 24.4 Å². The molecule has 2 aliphatic heterocycles. The number of hydrogen-bond donors (Lipinski definition) is 2. The van der Waals surface area contributed by atoms with Crippen molar-refractivity contribution >= 4 is 64.6 Å². The van der Waals surface area contributed by atoms with Crippen LogP contribution in [0.15, 0.2) is 118 Å². The van der Waals surface area contributed by atoms with Crippen LogP contribution in [0.25, 0.3) is 0 Å². The summed E-state index contributed by atoms with van der Waals surface area (Å²) in [6, 6.07) is 25.4. The van der Waals surface area contributed by atoms with E-state index >= 15 is 4.39 Å². The number of hydrogen-bond acceptors (Lipinski definition) is 9. The van der Waals surface area contributed by atoms with E-state index in [0.717, 1.165) is 28.2 Å². The Hall–Kier alpha value is -5.52. The predicted molar refractivity (Wildman–Crippen MR) is 242 cm³/mol. The Morgan fingerprint density at radius 2 is 1.68 bits per heavy atom. The molecule has 5 aromatic carbocycles. The van der Waals surface area contributed by atoms with Crippen molar-refractivity contribution in [2.75, 3.05) is 16.4 Å². The van der Waals surface area contributed by atoms with Gasteiger partial charge < -0.3 is 21.1 Å². The molecule has 1 amide bonds. The highest BCUT2D eigenvalue weighted by Crippen LogP contribution is 2.44. The van der Waals surface area contributed by atoms with Crippen LogP contribution in [0.4, 0.5) is 24.5 Å². The zero-order chi connectivity index (χ0) is 45.9. The topological polar surface area (TPSA) is 175 Å². The lowest BCUT2D eigenvalue weighted by Gasteiger charge is -2.40. The molecule has 63 heavy (non-hydrogen) atoms. The maximum atomic E-state index is 15.3. The third-order valence-electron chi connectivity index (χ3n) is 12.0. The Kier molecular flexibility index (Phi) is 12.0. The number of aliphatic imine (C=N–C) groups is 2. The molecule has 1 unspecified atom stereocenters. The second-order valence-corrected chi connectivity index (χ2v) is 22.6. The number of nitrogens with two attached hydrogens (primary N) is 2. The minimum Gasteiger partial charge on any atom is -0.489 e. The number of fused-ring (bicyclic) bond motifs is 1. The molecule has 0 radical (unpaired) electrons. The van der Waals surface area contributed by atoms with Crippen LogP contribution in [0.1, 0.15) is 78.7 Å². The molecule has 4 N–H and O–H groups in total. The summed E-state index contributed by atoms with van der Waals surface area (Å²) >= 11 is 3.43. The molecule has 330 valence electrons. The first kappa shape index (κ1) is 45.5. The highest BCUT2D eigenvalue weighted by Gasteiger charge is 2.53. The molecular formula is C46H45BrF3N5O6S2. The Balaban J connectivity index is 1.05. The van der Waals surface area contributed by atoms with Crippen LogP contribution in [0.5, 0.6) is 5.75 Å². The van der Waals surface area contributed by atoms with Gasteiger partial charge >= 0.3 is 0 Å². The van der Waals surface area contributed by atoms with Crippen LogP contribution in [0.2, 0.25) is 0 Å². The van der Waals surface area contributed by atoms with Gasteiger partial charge in [-0.15, -0.1) is 0 Å². The van der Waals surface area contributed by atoms with E-state index in [1.54, 1.807) is 61.5 Å². The molecule has 5 aromatic rings. The first-order chi connectivity index (χ1) is 29.5. The molecular weight excluding hydrogens is 920 g/mol. The first-order valence-electron chi connectivity index (χ1n) is 19.8. The molecule has 17 heteroatoms. The van der Waals surface area contributed by atoms with E-state index in [-0.39, 0.29) is 47.4 Å². The lowest BCUT2D eigenvalue weighted by Crippen LogP contribution is -2.54. The lowest BCUT2D eigenvalue weighted by molar-refractivity contribution is 0.0996. The van der Waals surface area contributed by atoms with Crippen molar-refractivity contribution < 1.29 is 39.5 Å². The Morgan fingerprint density at radius 3 is 2.41 bits per heavy atom. The number of carbonyl (C=O) groups excluding carboxylic acids is 1. The van der Waals surface area contributed by atoms with Gasteiger partial charge in [-0.25, -0.2) is 35.0 Å². The number of carbonyl (C=O) groups is 1. The van der Waals surface area contributed by atoms with Gasteiger partial charge in [0.2, 0.25) is 0 Å². The zero-order valence-corrected chi connectivity index (χ0v) is 38.2. The lowest BCUT2D eigenvalue weighted by atomic mass is 9.91. The van der Waals surface area contributed by atoms with E-state index in [9.17, 15) is 30.4 Å². The molecule has 0 aliphatic carbocycles. The van der Waals surface area contributed by atoms with Crippen LogP contribution < -0.4 is 21.1 Å². The summed E-state index contributed by atoms with van der Waals surface area (Å²) < 4.78 is 104. The fraction of sp³-hybridized carbons (Fsp3) is 0.283. The molecule has 2 heterocycles. The summed E-state index contributed by atoms with van der Waals surface area (Å²) in [4.78, 5) is 23.6. The van der Waals surface area contributed by atoms with Crippen molar-refractivity contribution in [3.05, 3.63) is 158 Å². The van der Waals surface area contributed by atoms with Gasteiger partial charge in [0.25, 0.3) is 5.91 Å². The molecule has 0 spiro atoms. The molecule has 11 nitrogen and oxygen atoms in total. The molecule has 7 rings (SSSR count). The normalized spacial score (nSPS) is 20.6. The molecule has 0 saturated carbocycles. The Bertz CT molecular complexity index is 2970.